The van der Waals surface area contributed by atoms with Crippen molar-refractivity contribution in [3.63, 3.8) is 0 Å². The Morgan fingerprint density at radius 1 is 0.585 bits per heavy atom. The topological polar surface area (TPSA) is 84.5 Å². The van der Waals surface area contributed by atoms with Crippen LogP contribution in [-0.4, -0.2) is 40.9 Å². The molecule has 11 heteroatoms. The van der Waals surface area contributed by atoms with E-state index in [9.17, 15) is 5.11 Å². The fraction of sp³-hybridized carbons (Fsp3) is 0.148. The average molecular weight is 1030 g/mol. The van der Waals surface area contributed by atoms with Gasteiger partial charge in [-0.2, -0.15) is 0 Å². The minimum Gasteiger partial charge on any atom is -0.0622 e. The van der Waals surface area contributed by atoms with Crippen LogP contribution in [0.2, 0.25) is 0 Å². The van der Waals surface area contributed by atoms with Crippen LogP contribution in [0.25, 0.3) is 11.4 Å². The van der Waals surface area contributed by atoms with Crippen molar-refractivity contribution >= 4 is 78.2 Å². The summed E-state index contributed by atoms with van der Waals surface area (Å²) in [5, 5.41) is 18.8. The molecule has 0 aliphatic carbocycles. The second-order valence-corrected chi connectivity index (χ2v) is 22.3. The number of aromatic nitrogens is 2. The van der Waals surface area contributed by atoms with Gasteiger partial charge in [0.15, 0.2) is 5.82 Å². The second kappa shape index (κ2) is 25.8. The summed E-state index contributed by atoms with van der Waals surface area (Å²) in [6.07, 6.45) is 0. The van der Waals surface area contributed by atoms with Gasteiger partial charge in [-0.25, -0.2) is 9.97 Å². The molecule has 3 N–H and O–H groups in total. The molecule has 0 saturated carbocycles. The first-order valence-electron chi connectivity index (χ1n) is 21.2. The molecule has 9 rings (SSSR count). The molecule has 0 bridgehead atoms. The van der Waals surface area contributed by atoms with Crippen LogP contribution in [0.3, 0.4) is 0 Å². The molecule has 2 heterocycles. The van der Waals surface area contributed by atoms with Gasteiger partial charge < -0.3 is 20.5 Å². The van der Waals surface area contributed by atoms with Gasteiger partial charge in [0.25, 0.3) is 0 Å². The standard InChI is InChI=1S/C18H24N4O2.2C18H15P.2ClH.Pd/c1-12-11-24-9-8-22(12)16-10-15(18(2,3)23)20-17(21-16)13-4-6-14(19)7-5-13;2*1-4-10-16(11-5-1)19(17-12-6-2-7-13-17)18-14-8-3-9-15-18;;;/h4-7,10,12,23H,8-9,11,19H2,1-3H3;2*1-15H;2*1H;/q;;;;;+2/p-2/t12-;;;;;/m0...../s1. The van der Waals surface area contributed by atoms with Crippen LogP contribution in [0.1, 0.15) is 26.5 Å². The zero-order valence-corrected chi connectivity index (χ0v) is 41.5. The third-order valence-electron chi connectivity index (χ3n) is 10.3. The SMILES string of the molecule is C[C@H]1COCCN1c1cc(C(C)(C)O)nc(-c2ccc(N)cc2)n1.[Cl][Pd][Cl].c1ccc(P(c2ccccc2)c2ccccc2)cc1.c1ccc(P(c2ccccc2)c2ccccc2)cc1. The van der Waals surface area contributed by atoms with Crippen molar-refractivity contribution in [2.75, 3.05) is 30.4 Å². The molecule has 1 aliphatic heterocycles. The second-order valence-electron chi connectivity index (χ2n) is 15.5. The zero-order chi connectivity index (χ0) is 45.9. The number of aliphatic hydroxyl groups is 1. The van der Waals surface area contributed by atoms with Crippen LogP contribution in [0, 0.1) is 0 Å². The summed E-state index contributed by atoms with van der Waals surface area (Å²) in [6, 6.07) is 74.2. The van der Waals surface area contributed by atoms with Gasteiger partial charge in [-0.15, -0.1) is 0 Å². The molecule has 0 amide bonds. The number of halogens is 2. The van der Waals surface area contributed by atoms with Crippen molar-refractivity contribution in [2.45, 2.75) is 32.4 Å². The number of hydrogen-bond acceptors (Lipinski definition) is 6. The summed E-state index contributed by atoms with van der Waals surface area (Å²) in [7, 11) is 8.74. The van der Waals surface area contributed by atoms with Gasteiger partial charge in [0, 0.05) is 23.9 Å². The smallest absolute Gasteiger partial charge is 0.0134 e. The van der Waals surface area contributed by atoms with Gasteiger partial charge in [0.05, 0.1) is 24.9 Å². The molecule has 1 aromatic heterocycles. The molecule has 0 spiro atoms. The summed E-state index contributed by atoms with van der Waals surface area (Å²) in [5.41, 5.74) is 6.88. The Morgan fingerprint density at radius 3 is 1.23 bits per heavy atom. The molecule has 7 aromatic carbocycles. The Morgan fingerprint density at radius 2 is 0.923 bits per heavy atom. The van der Waals surface area contributed by atoms with Crippen LogP contribution >= 0.6 is 34.9 Å². The number of benzene rings is 7. The maximum Gasteiger partial charge on any atom is -0.0134 e. The number of hydrogen-bond donors (Lipinski definition) is 2. The van der Waals surface area contributed by atoms with E-state index in [-0.39, 0.29) is 22.0 Å². The maximum absolute atomic E-state index is 10.4. The van der Waals surface area contributed by atoms with Crippen LogP contribution in [0.15, 0.2) is 212 Å². The minimum absolute atomic E-state index is 0.106. The Kier molecular flexibility index (Phi) is 19.7. The first-order chi connectivity index (χ1) is 31.7. The van der Waals surface area contributed by atoms with Crippen molar-refractivity contribution in [1.82, 2.24) is 9.97 Å². The molecule has 65 heavy (non-hydrogen) atoms. The molecule has 1 aliphatic rings. The van der Waals surface area contributed by atoms with E-state index in [1.54, 1.807) is 13.8 Å². The number of nitrogens with two attached hydrogens (primary N) is 1. The summed E-state index contributed by atoms with van der Waals surface area (Å²) in [4.78, 5) is 11.5. The van der Waals surface area contributed by atoms with Crippen molar-refractivity contribution in [1.29, 1.82) is 0 Å². The molecule has 336 valence electrons. The van der Waals surface area contributed by atoms with Gasteiger partial charge in [0.1, 0.15) is 11.4 Å². The summed E-state index contributed by atoms with van der Waals surface area (Å²) in [5.74, 6) is 1.40. The summed E-state index contributed by atoms with van der Waals surface area (Å²) >= 11 is -0.106. The van der Waals surface area contributed by atoms with Gasteiger partial charge in [-0.1, -0.05) is 182 Å². The molecule has 0 radical (unpaired) electrons. The van der Waals surface area contributed by atoms with Crippen molar-refractivity contribution in [3.05, 3.63) is 218 Å². The minimum atomic E-state index is -1.05. The molecular weight excluding hydrogens is 976 g/mol. The number of ether oxygens (including phenoxy) is 1. The molecule has 1 saturated heterocycles. The Labute approximate surface area is 403 Å². The summed E-state index contributed by atoms with van der Waals surface area (Å²) < 4.78 is 5.51. The van der Waals surface area contributed by atoms with E-state index in [4.69, 9.17) is 34.5 Å². The van der Waals surface area contributed by atoms with E-state index in [1.807, 2.05) is 30.3 Å². The predicted octanol–water partition coefficient (Wildman–Crippen LogP) is 10.4. The number of morpholine rings is 1. The van der Waals surface area contributed by atoms with Gasteiger partial charge >= 0.3 is 35.0 Å². The molecule has 1 atom stereocenters. The Balaban J connectivity index is 0.000000158. The molecule has 8 aromatic rings. The maximum atomic E-state index is 10.4. The van der Waals surface area contributed by atoms with E-state index in [2.05, 4.69) is 199 Å². The van der Waals surface area contributed by atoms with Crippen LogP contribution < -0.4 is 42.5 Å². The van der Waals surface area contributed by atoms with Crippen molar-refractivity contribution < 1.29 is 25.8 Å². The van der Waals surface area contributed by atoms with E-state index in [0.29, 0.717) is 30.4 Å². The molecule has 1 fully saturated rings. The first kappa shape index (κ1) is 49.7. The van der Waals surface area contributed by atoms with E-state index in [0.717, 1.165) is 17.9 Å². The Hall–Kier alpha value is -4.76. The van der Waals surface area contributed by atoms with E-state index < -0.39 is 21.4 Å². The normalized spacial score (nSPS) is 13.4. The summed E-state index contributed by atoms with van der Waals surface area (Å²) in [6.45, 7) is 7.67. The third-order valence-corrected chi connectivity index (χ3v) is 15.1. The van der Waals surface area contributed by atoms with E-state index in [1.165, 1.54) is 31.8 Å². The number of rotatable bonds is 9. The fourth-order valence-electron chi connectivity index (χ4n) is 7.08. The largest absolute Gasteiger partial charge is 0.0622 e. The zero-order valence-electron chi connectivity index (χ0n) is 36.6. The van der Waals surface area contributed by atoms with Crippen molar-refractivity contribution in [2.24, 2.45) is 0 Å². The van der Waals surface area contributed by atoms with Crippen LogP contribution in [0.5, 0.6) is 0 Å². The number of nitrogens with zero attached hydrogens (tertiary/aromatic N) is 3. The van der Waals surface area contributed by atoms with Crippen LogP contribution in [0.4, 0.5) is 11.5 Å². The Bertz CT molecular complexity index is 2260. The van der Waals surface area contributed by atoms with Gasteiger partial charge in [0.2, 0.25) is 0 Å². The third kappa shape index (κ3) is 14.9. The number of anilines is 2. The quantitative estimate of drug-likeness (QED) is 0.0852. The predicted molar refractivity (Wildman–Crippen MR) is 277 cm³/mol. The van der Waals surface area contributed by atoms with E-state index >= 15 is 0 Å². The average Bonchev–Trinajstić information content (AvgIpc) is 3.34. The monoisotopic (exact) mass is 1030 g/mol. The molecule has 6 nitrogen and oxygen atoms in total. The molecule has 0 unspecified atom stereocenters. The first-order valence-corrected chi connectivity index (χ1v) is 27.9. The van der Waals surface area contributed by atoms with Crippen molar-refractivity contribution in [3.8, 4) is 11.4 Å². The van der Waals surface area contributed by atoms with Crippen LogP contribution in [-0.2, 0) is 26.3 Å². The number of nitrogen functional groups attached to an aromatic ring is 1. The van der Waals surface area contributed by atoms with Gasteiger partial charge in [-0.3, -0.25) is 0 Å². The van der Waals surface area contributed by atoms with Gasteiger partial charge in [-0.05, 0) is 92.7 Å². The molecular formula is C54H54Cl2N4O2P2Pd. The fourth-order valence-corrected chi connectivity index (χ4v) is 11.7.